The van der Waals surface area contributed by atoms with Crippen molar-refractivity contribution in [2.45, 2.75) is 0 Å². The molecule has 0 fully saturated rings. The monoisotopic (exact) mass is 178 g/mol. The van der Waals surface area contributed by atoms with Crippen LogP contribution in [0, 0.1) is 0 Å². The summed E-state index contributed by atoms with van der Waals surface area (Å²) >= 11 is 0. The van der Waals surface area contributed by atoms with E-state index in [0.29, 0.717) is 0 Å². The van der Waals surface area contributed by atoms with Crippen molar-refractivity contribution in [2.75, 3.05) is 0 Å². The van der Waals surface area contributed by atoms with Gasteiger partial charge >= 0.3 is 20.6 Å². The number of hydrogen-bond donors (Lipinski definition) is 2. The Hall–Kier alpha value is -1.28. The lowest BCUT2D eigenvalue weighted by Gasteiger charge is -1.94. The van der Waals surface area contributed by atoms with Crippen molar-refractivity contribution in [3.63, 3.8) is 0 Å². The van der Waals surface area contributed by atoms with Crippen molar-refractivity contribution in [1.82, 2.24) is 0 Å². The molecule has 0 aromatic rings. The maximum atomic E-state index is 9.75. The standard InChI is InChI=1S/C2H2O4.BF4/c3-1(4)2(5)6;2-1(3,4)5/h(H,3,4)(H,5,6);/q;-1/p+1. The quantitative estimate of drug-likeness (QED) is 0.323. The Kier molecular flexibility index (Phi) is 5.10. The first kappa shape index (κ1) is 12.4. The smallest absolute Gasteiger partial charge is 0.473 e. The molecule has 0 aromatic carbocycles. The van der Waals surface area contributed by atoms with Gasteiger partial charge in [0.1, 0.15) is 0 Å². The van der Waals surface area contributed by atoms with Gasteiger partial charge in [0.15, 0.2) is 0 Å². The Labute approximate surface area is 59.0 Å². The first-order valence-electron chi connectivity index (χ1n) is 1.98. The SMILES string of the molecule is F[B-](F)(F)F.O=C(O)C(=O)O.[H+]. The summed E-state index contributed by atoms with van der Waals surface area (Å²) in [6.45, 7) is 0. The molecule has 0 aliphatic rings. The van der Waals surface area contributed by atoms with E-state index in [-0.39, 0.29) is 1.43 Å². The van der Waals surface area contributed by atoms with Crippen molar-refractivity contribution in [3.05, 3.63) is 0 Å². The van der Waals surface area contributed by atoms with Crippen LogP contribution in [0.15, 0.2) is 0 Å². The zero-order chi connectivity index (χ0) is 9.65. The van der Waals surface area contributed by atoms with Gasteiger partial charge in [-0.15, -0.1) is 0 Å². The van der Waals surface area contributed by atoms with Gasteiger partial charge in [-0.1, -0.05) is 0 Å². The van der Waals surface area contributed by atoms with E-state index in [2.05, 4.69) is 0 Å². The van der Waals surface area contributed by atoms with Gasteiger partial charge in [0.2, 0.25) is 0 Å². The average Bonchev–Trinajstić information content (AvgIpc) is 1.59. The molecule has 2 N–H and O–H groups in total. The molecule has 0 rings (SSSR count). The molecule has 0 unspecified atom stereocenters. The Balaban J connectivity index is -0.000000126. The maximum absolute atomic E-state index is 9.75. The van der Waals surface area contributed by atoms with E-state index in [1.165, 1.54) is 0 Å². The summed E-state index contributed by atoms with van der Waals surface area (Å²) in [5.41, 5.74) is 0. The van der Waals surface area contributed by atoms with Crippen LogP contribution in [0.5, 0.6) is 0 Å². The largest absolute Gasteiger partial charge is 1.00 e. The Morgan fingerprint density at radius 3 is 1.09 bits per heavy atom. The number of hydrogen-bond acceptors (Lipinski definition) is 2. The summed E-state index contributed by atoms with van der Waals surface area (Å²) in [4.78, 5) is 18.2. The van der Waals surface area contributed by atoms with E-state index in [1.807, 2.05) is 0 Å². The van der Waals surface area contributed by atoms with Crippen molar-refractivity contribution in [3.8, 4) is 0 Å². The maximum Gasteiger partial charge on any atom is 1.00 e. The fourth-order valence-corrected chi connectivity index (χ4v) is 0. The van der Waals surface area contributed by atoms with Crippen LogP contribution in [-0.2, 0) is 9.59 Å². The van der Waals surface area contributed by atoms with Crippen molar-refractivity contribution >= 4 is 19.2 Å². The van der Waals surface area contributed by atoms with E-state index in [1.54, 1.807) is 0 Å². The second kappa shape index (κ2) is 4.53. The highest BCUT2D eigenvalue weighted by Crippen LogP contribution is 2.06. The lowest BCUT2D eigenvalue weighted by atomic mass is 10.3. The van der Waals surface area contributed by atoms with Gasteiger partial charge in [-0.2, -0.15) is 0 Å². The summed E-state index contributed by atoms with van der Waals surface area (Å²) < 4.78 is 39.0. The molecule has 0 aliphatic heterocycles. The third kappa shape index (κ3) is 53.1. The second-order valence-corrected chi connectivity index (χ2v) is 1.11. The zero-order valence-electron chi connectivity index (χ0n) is 5.80. The number of halogens is 4. The first-order chi connectivity index (χ1) is 4.64. The minimum Gasteiger partial charge on any atom is -0.473 e. The van der Waals surface area contributed by atoms with Crippen molar-refractivity contribution < 1.29 is 38.5 Å². The fourth-order valence-electron chi connectivity index (χ4n) is 0. The molecule has 0 atom stereocenters. The van der Waals surface area contributed by atoms with Gasteiger partial charge in [-0.25, -0.2) is 9.59 Å². The third-order valence-corrected chi connectivity index (χ3v) is 0.183. The third-order valence-electron chi connectivity index (χ3n) is 0.183. The molecule has 66 valence electrons. The van der Waals surface area contributed by atoms with Gasteiger partial charge in [-0.3, -0.25) is 0 Å². The normalized spacial score (nSPS) is 9.45. The lowest BCUT2D eigenvalue weighted by molar-refractivity contribution is -0.159. The molecular formula is C2H3BF4O4. The molecule has 0 heterocycles. The minimum atomic E-state index is -6.00. The summed E-state index contributed by atoms with van der Waals surface area (Å²) in [7, 11) is -6.00. The number of carbonyl (C=O) groups is 2. The summed E-state index contributed by atoms with van der Waals surface area (Å²) in [5.74, 6) is -3.65. The van der Waals surface area contributed by atoms with E-state index in [4.69, 9.17) is 19.8 Å². The number of aliphatic carboxylic acids is 2. The van der Waals surface area contributed by atoms with Crippen LogP contribution in [-0.4, -0.2) is 29.4 Å². The molecule has 0 aliphatic carbocycles. The molecule has 0 radical (unpaired) electrons. The molecule has 0 saturated carbocycles. The summed E-state index contributed by atoms with van der Waals surface area (Å²) in [6, 6.07) is 0. The Morgan fingerprint density at radius 1 is 1.00 bits per heavy atom. The molecule has 0 spiro atoms. The van der Waals surface area contributed by atoms with Crippen LogP contribution in [0.4, 0.5) is 17.3 Å². The highest BCUT2D eigenvalue weighted by atomic mass is 19.5. The summed E-state index contributed by atoms with van der Waals surface area (Å²) in [5, 5.41) is 14.8. The topological polar surface area (TPSA) is 74.6 Å². The minimum absolute atomic E-state index is 0. The number of carboxylic acid groups (broad SMARTS) is 2. The number of carboxylic acids is 2. The van der Waals surface area contributed by atoms with Crippen LogP contribution in [0.1, 0.15) is 1.43 Å². The molecule has 0 saturated heterocycles. The Morgan fingerprint density at radius 2 is 1.09 bits per heavy atom. The molecule has 0 aromatic heterocycles. The van der Waals surface area contributed by atoms with Crippen LogP contribution >= 0.6 is 0 Å². The lowest BCUT2D eigenvalue weighted by Crippen LogP contribution is -2.09. The first-order valence-corrected chi connectivity index (χ1v) is 1.98. The predicted molar refractivity (Wildman–Crippen MR) is 26.6 cm³/mol. The fraction of sp³-hybridized carbons (Fsp3) is 0. The van der Waals surface area contributed by atoms with Crippen LogP contribution in [0.3, 0.4) is 0 Å². The number of rotatable bonds is 0. The van der Waals surface area contributed by atoms with Gasteiger partial charge < -0.3 is 27.5 Å². The highest BCUT2D eigenvalue weighted by molar-refractivity contribution is 6.50. The van der Waals surface area contributed by atoms with Gasteiger partial charge in [0.25, 0.3) is 0 Å². The highest BCUT2D eigenvalue weighted by Gasteiger charge is 2.20. The molecule has 0 bridgehead atoms. The molecule has 9 heteroatoms. The zero-order valence-corrected chi connectivity index (χ0v) is 4.80. The van der Waals surface area contributed by atoms with Gasteiger partial charge in [-0.05, 0) is 0 Å². The summed E-state index contributed by atoms with van der Waals surface area (Å²) in [6.07, 6.45) is 0. The van der Waals surface area contributed by atoms with E-state index in [9.17, 15) is 17.3 Å². The van der Waals surface area contributed by atoms with Crippen molar-refractivity contribution in [2.24, 2.45) is 0 Å². The molecular weight excluding hydrogens is 175 g/mol. The molecule has 11 heavy (non-hydrogen) atoms. The van der Waals surface area contributed by atoms with Gasteiger partial charge in [0, 0.05) is 0 Å². The van der Waals surface area contributed by atoms with E-state index >= 15 is 0 Å². The van der Waals surface area contributed by atoms with Gasteiger partial charge in [0.05, 0.1) is 0 Å². The van der Waals surface area contributed by atoms with Crippen molar-refractivity contribution in [1.29, 1.82) is 0 Å². The molecule has 0 amide bonds. The van der Waals surface area contributed by atoms with E-state index < -0.39 is 19.2 Å². The van der Waals surface area contributed by atoms with Crippen LogP contribution in [0.25, 0.3) is 0 Å². The molecule has 4 nitrogen and oxygen atoms in total. The average molecular weight is 178 g/mol. The van der Waals surface area contributed by atoms with Crippen LogP contribution < -0.4 is 0 Å². The predicted octanol–water partition coefficient (Wildman–Crippen LogP) is 0.568. The second-order valence-electron chi connectivity index (χ2n) is 1.11. The Bertz CT molecular complexity index is 140. The van der Waals surface area contributed by atoms with E-state index in [0.717, 1.165) is 0 Å². The van der Waals surface area contributed by atoms with Crippen LogP contribution in [0.2, 0.25) is 0 Å².